The summed E-state index contributed by atoms with van der Waals surface area (Å²) in [5.74, 6) is 0.398. The number of hydrogen-bond acceptors (Lipinski definition) is 4. The molecule has 0 saturated carbocycles. The summed E-state index contributed by atoms with van der Waals surface area (Å²) in [7, 11) is 0. The van der Waals surface area contributed by atoms with E-state index in [2.05, 4.69) is 0 Å². The fourth-order valence-electron chi connectivity index (χ4n) is 2.44. The normalized spacial score (nSPS) is 20.8. The molecule has 0 radical (unpaired) electrons. The van der Waals surface area contributed by atoms with Crippen molar-refractivity contribution in [2.75, 3.05) is 12.4 Å². The summed E-state index contributed by atoms with van der Waals surface area (Å²) in [6.45, 7) is 6.13. The molecule has 1 aromatic carbocycles. The Hall–Kier alpha value is -1.20. The summed E-state index contributed by atoms with van der Waals surface area (Å²) in [6.07, 6.45) is 0.343. The lowest BCUT2D eigenvalue weighted by atomic mass is 10.1. The molecule has 1 amide bonds. The molecule has 1 fully saturated rings. The van der Waals surface area contributed by atoms with E-state index in [9.17, 15) is 9.59 Å². The third-order valence-electron chi connectivity index (χ3n) is 3.59. The number of ether oxygens (including phenoxy) is 1. The number of amides is 1. The molecular formula is C17H22ClNO3S. The van der Waals surface area contributed by atoms with E-state index in [-0.39, 0.29) is 23.2 Å². The minimum absolute atomic E-state index is 0.0635. The van der Waals surface area contributed by atoms with Crippen LogP contribution in [0.2, 0.25) is 5.02 Å². The molecule has 1 aromatic rings. The van der Waals surface area contributed by atoms with Crippen LogP contribution in [0.3, 0.4) is 0 Å². The van der Waals surface area contributed by atoms with Crippen molar-refractivity contribution in [1.82, 2.24) is 4.90 Å². The number of thioether (sulfide) groups is 1. The van der Waals surface area contributed by atoms with Crippen molar-refractivity contribution in [2.45, 2.75) is 38.6 Å². The summed E-state index contributed by atoms with van der Waals surface area (Å²) >= 11 is 7.83. The Morgan fingerprint density at radius 3 is 2.70 bits per heavy atom. The molecule has 2 rings (SSSR count). The SMILES string of the molecule is CCC(=O)N1[C@@H](c2ccccc2Cl)SC[C@H]1C(=O)OCC(C)C. The molecule has 0 N–H and O–H groups in total. The highest BCUT2D eigenvalue weighted by Gasteiger charge is 2.43. The van der Waals surface area contributed by atoms with Crippen LogP contribution in [-0.4, -0.2) is 35.2 Å². The van der Waals surface area contributed by atoms with Crippen LogP contribution in [0.25, 0.3) is 0 Å². The van der Waals surface area contributed by atoms with Gasteiger partial charge in [-0.1, -0.05) is 50.6 Å². The third-order valence-corrected chi connectivity index (χ3v) is 5.24. The van der Waals surface area contributed by atoms with Crippen molar-refractivity contribution in [1.29, 1.82) is 0 Å². The Morgan fingerprint density at radius 1 is 1.39 bits per heavy atom. The van der Waals surface area contributed by atoms with Crippen molar-refractivity contribution in [3.63, 3.8) is 0 Å². The first-order valence-electron chi connectivity index (χ1n) is 7.79. The maximum atomic E-state index is 12.4. The number of hydrogen-bond donors (Lipinski definition) is 0. The van der Waals surface area contributed by atoms with Crippen molar-refractivity contribution in [3.8, 4) is 0 Å². The van der Waals surface area contributed by atoms with E-state index in [1.807, 2.05) is 32.0 Å². The quantitative estimate of drug-likeness (QED) is 0.752. The standard InChI is InChI=1S/C17H22ClNO3S/c1-4-15(20)19-14(17(21)22-9-11(2)3)10-23-16(19)12-7-5-6-8-13(12)18/h5-8,11,14,16H,4,9-10H2,1-3H3/t14-,16+/m0/s1. The van der Waals surface area contributed by atoms with Gasteiger partial charge in [-0.05, 0) is 12.0 Å². The molecular weight excluding hydrogens is 334 g/mol. The largest absolute Gasteiger partial charge is 0.464 e. The molecule has 0 spiro atoms. The summed E-state index contributed by atoms with van der Waals surface area (Å²) in [6, 6.07) is 6.90. The van der Waals surface area contributed by atoms with E-state index in [1.165, 1.54) is 0 Å². The Kier molecular flexibility index (Phi) is 6.36. The Balaban J connectivity index is 2.24. The lowest BCUT2D eigenvalue weighted by Crippen LogP contribution is -2.43. The smallest absolute Gasteiger partial charge is 0.329 e. The topological polar surface area (TPSA) is 46.6 Å². The van der Waals surface area contributed by atoms with Crippen LogP contribution < -0.4 is 0 Å². The molecule has 1 aliphatic rings. The Bertz CT molecular complexity index is 579. The molecule has 126 valence electrons. The summed E-state index contributed by atoms with van der Waals surface area (Å²) in [4.78, 5) is 26.4. The highest BCUT2D eigenvalue weighted by atomic mass is 35.5. The number of nitrogens with zero attached hydrogens (tertiary/aromatic N) is 1. The fraction of sp³-hybridized carbons (Fsp3) is 0.529. The van der Waals surface area contributed by atoms with Crippen LogP contribution >= 0.6 is 23.4 Å². The first kappa shape index (κ1) is 18.1. The molecule has 23 heavy (non-hydrogen) atoms. The molecule has 0 unspecified atom stereocenters. The Morgan fingerprint density at radius 2 is 2.09 bits per heavy atom. The molecule has 0 bridgehead atoms. The van der Waals surface area contributed by atoms with E-state index >= 15 is 0 Å². The van der Waals surface area contributed by atoms with Gasteiger partial charge in [0.1, 0.15) is 11.4 Å². The number of carbonyl (C=O) groups is 2. The predicted molar refractivity (Wildman–Crippen MR) is 93.4 cm³/mol. The maximum absolute atomic E-state index is 12.4. The second-order valence-electron chi connectivity index (χ2n) is 5.90. The van der Waals surface area contributed by atoms with E-state index in [4.69, 9.17) is 16.3 Å². The molecule has 2 atom stereocenters. The molecule has 1 aliphatic heterocycles. The highest BCUT2D eigenvalue weighted by molar-refractivity contribution is 7.99. The average molecular weight is 356 g/mol. The van der Waals surface area contributed by atoms with Crippen molar-refractivity contribution in [2.24, 2.45) is 5.92 Å². The van der Waals surface area contributed by atoms with Gasteiger partial charge in [0.2, 0.25) is 5.91 Å². The van der Waals surface area contributed by atoms with Gasteiger partial charge in [-0.2, -0.15) is 0 Å². The van der Waals surface area contributed by atoms with Gasteiger partial charge in [0, 0.05) is 22.8 Å². The minimum Gasteiger partial charge on any atom is -0.464 e. The predicted octanol–water partition coefficient (Wildman–Crippen LogP) is 3.89. The lowest BCUT2D eigenvalue weighted by molar-refractivity contribution is -0.155. The molecule has 6 heteroatoms. The molecule has 0 aliphatic carbocycles. The minimum atomic E-state index is -0.549. The molecule has 1 heterocycles. The zero-order chi connectivity index (χ0) is 17.0. The van der Waals surface area contributed by atoms with Gasteiger partial charge in [0.25, 0.3) is 0 Å². The van der Waals surface area contributed by atoms with Gasteiger partial charge in [-0.3, -0.25) is 4.79 Å². The zero-order valence-corrected chi connectivity index (χ0v) is 15.2. The average Bonchev–Trinajstić information content (AvgIpc) is 2.97. The molecule has 4 nitrogen and oxygen atoms in total. The van der Waals surface area contributed by atoms with Gasteiger partial charge in [-0.25, -0.2) is 4.79 Å². The number of esters is 1. The van der Waals surface area contributed by atoms with Crippen molar-refractivity contribution >= 4 is 35.2 Å². The van der Waals surface area contributed by atoms with Gasteiger partial charge in [0.05, 0.1) is 6.61 Å². The number of carbonyl (C=O) groups excluding carboxylic acids is 2. The monoisotopic (exact) mass is 355 g/mol. The first-order chi connectivity index (χ1) is 11.0. The first-order valence-corrected chi connectivity index (χ1v) is 9.22. The second-order valence-corrected chi connectivity index (χ2v) is 7.42. The lowest BCUT2D eigenvalue weighted by Gasteiger charge is -2.29. The second kappa shape index (κ2) is 8.06. The van der Waals surface area contributed by atoms with E-state index < -0.39 is 6.04 Å². The van der Waals surface area contributed by atoms with Crippen LogP contribution in [0.15, 0.2) is 24.3 Å². The van der Waals surface area contributed by atoms with Crippen molar-refractivity contribution in [3.05, 3.63) is 34.9 Å². The summed E-state index contributed by atoms with van der Waals surface area (Å²) in [5, 5.41) is 0.364. The summed E-state index contributed by atoms with van der Waals surface area (Å²) < 4.78 is 5.35. The van der Waals surface area contributed by atoms with Crippen LogP contribution in [0.1, 0.15) is 38.1 Å². The zero-order valence-electron chi connectivity index (χ0n) is 13.6. The van der Waals surface area contributed by atoms with Gasteiger partial charge < -0.3 is 9.64 Å². The molecule has 0 aromatic heterocycles. The van der Waals surface area contributed by atoms with E-state index in [0.717, 1.165) is 5.56 Å². The molecule has 1 saturated heterocycles. The number of halogens is 1. The van der Waals surface area contributed by atoms with Gasteiger partial charge in [-0.15, -0.1) is 11.8 Å². The number of benzene rings is 1. The highest BCUT2D eigenvalue weighted by Crippen LogP contribution is 2.44. The van der Waals surface area contributed by atoms with E-state index in [1.54, 1.807) is 29.7 Å². The van der Waals surface area contributed by atoms with Crippen molar-refractivity contribution < 1.29 is 14.3 Å². The van der Waals surface area contributed by atoms with Crippen LogP contribution in [0.5, 0.6) is 0 Å². The third kappa shape index (κ3) is 4.21. The Labute approximate surface area is 146 Å². The van der Waals surface area contributed by atoms with Crippen LogP contribution in [0, 0.1) is 5.92 Å². The van der Waals surface area contributed by atoms with Crippen LogP contribution in [-0.2, 0) is 14.3 Å². The van der Waals surface area contributed by atoms with E-state index in [0.29, 0.717) is 23.8 Å². The summed E-state index contributed by atoms with van der Waals surface area (Å²) in [5.41, 5.74) is 0.861. The van der Waals surface area contributed by atoms with Gasteiger partial charge >= 0.3 is 5.97 Å². The number of rotatable bonds is 5. The fourth-order valence-corrected chi connectivity index (χ4v) is 4.21. The van der Waals surface area contributed by atoms with Crippen LogP contribution in [0.4, 0.5) is 0 Å². The van der Waals surface area contributed by atoms with Gasteiger partial charge in [0.15, 0.2) is 0 Å². The maximum Gasteiger partial charge on any atom is 0.329 e.